The predicted molar refractivity (Wildman–Crippen MR) is 44.0 cm³/mol. The minimum absolute atomic E-state index is 0.00775. The third kappa shape index (κ3) is 1.93. The number of nitro groups is 1. The Hall–Kier alpha value is -1.20. The quantitative estimate of drug-likeness (QED) is 0.592. The van der Waals surface area contributed by atoms with Crippen LogP contribution in [-0.2, 0) is 6.61 Å². The first-order valence-corrected chi connectivity index (χ1v) is 3.67. The van der Waals surface area contributed by atoms with Crippen molar-refractivity contribution in [2.45, 2.75) is 6.61 Å². The first-order valence-electron chi connectivity index (χ1n) is 3.29. The molecular formula is C7H5ClFNO3. The van der Waals surface area contributed by atoms with E-state index in [-0.39, 0.29) is 10.6 Å². The summed E-state index contributed by atoms with van der Waals surface area (Å²) in [6.45, 7) is -0.530. The SMILES string of the molecule is O=[N+]([O-])c1cc(F)c(Cl)c(CO)c1. The van der Waals surface area contributed by atoms with Crippen LogP contribution >= 0.6 is 11.6 Å². The maximum atomic E-state index is 12.8. The maximum absolute atomic E-state index is 12.8. The number of non-ortho nitro benzene ring substituents is 1. The summed E-state index contributed by atoms with van der Waals surface area (Å²) in [5, 5.41) is 18.6. The first-order chi connectivity index (χ1) is 6.06. The Labute approximate surface area is 77.7 Å². The highest BCUT2D eigenvalue weighted by atomic mass is 35.5. The number of hydrogen-bond donors (Lipinski definition) is 1. The molecule has 13 heavy (non-hydrogen) atoms. The number of nitro benzene ring substituents is 1. The van der Waals surface area contributed by atoms with E-state index in [9.17, 15) is 14.5 Å². The second-order valence-corrected chi connectivity index (χ2v) is 2.69. The van der Waals surface area contributed by atoms with E-state index in [1.165, 1.54) is 0 Å². The zero-order valence-electron chi connectivity index (χ0n) is 6.33. The zero-order valence-corrected chi connectivity index (χ0v) is 7.08. The Kier molecular flexibility index (Phi) is 2.79. The van der Waals surface area contributed by atoms with Gasteiger partial charge >= 0.3 is 0 Å². The van der Waals surface area contributed by atoms with Gasteiger partial charge in [-0.1, -0.05) is 11.6 Å². The van der Waals surface area contributed by atoms with Crippen LogP contribution < -0.4 is 0 Å². The Morgan fingerprint density at radius 3 is 2.69 bits per heavy atom. The normalized spacial score (nSPS) is 10.1. The summed E-state index contributed by atoms with van der Waals surface area (Å²) >= 11 is 5.41. The van der Waals surface area contributed by atoms with E-state index in [1.54, 1.807) is 0 Å². The van der Waals surface area contributed by atoms with Crippen LogP contribution in [0.3, 0.4) is 0 Å². The Morgan fingerprint density at radius 1 is 1.62 bits per heavy atom. The van der Waals surface area contributed by atoms with E-state index in [0.717, 1.165) is 6.07 Å². The van der Waals surface area contributed by atoms with Gasteiger partial charge in [0.05, 0.1) is 22.6 Å². The Balaban J connectivity index is 3.30. The smallest absolute Gasteiger partial charge is 0.272 e. The van der Waals surface area contributed by atoms with Gasteiger partial charge in [0.25, 0.3) is 5.69 Å². The van der Waals surface area contributed by atoms with Crippen LogP contribution in [0.4, 0.5) is 10.1 Å². The fourth-order valence-electron chi connectivity index (χ4n) is 0.851. The minimum atomic E-state index is -0.903. The second kappa shape index (κ2) is 3.68. The van der Waals surface area contributed by atoms with Crippen LogP contribution in [0.5, 0.6) is 0 Å². The van der Waals surface area contributed by atoms with Crippen LogP contribution in [0.1, 0.15) is 5.56 Å². The van der Waals surface area contributed by atoms with E-state index in [0.29, 0.717) is 6.07 Å². The van der Waals surface area contributed by atoms with E-state index in [2.05, 4.69) is 0 Å². The molecule has 0 aliphatic carbocycles. The molecule has 1 aromatic rings. The van der Waals surface area contributed by atoms with Crippen LogP contribution in [0.25, 0.3) is 0 Å². The maximum Gasteiger partial charge on any atom is 0.272 e. The van der Waals surface area contributed by atoms with E-state index in [1.807, 2.05) is 0 Å². The summed E-state index contributed by atoms with van der Waals surface area (Å²) in [6, 6.07) is 1.74. The summed E-state index contributed by atoms with van der Waals surface area (Å²) in [5.41, 5.74) is -0.417. The van der Waals surface area contributed by atoms with Crippen molar-refractivity contribution in [2.75, 3.05) is 0 Å². The van der Waals surface area contributed by atoms with Crippen molar-refractivity contribution in [3.8, 4) is 0 Å². The molecule has 4 nitrogen and oxygen atoms in total. The lowest BCUT2D eigenvalue weighted by Crippen LogP contribution is -1.94. The number of aliphatic hydroxyl groups is 1. The number of hydrogen-bond acceptors (Lipinski definition) is 3. The first kappa shape index (κ1) is 9.88. The molecule has 0 unspecified atom stereocenters. The number of benzene rings is 1. The van der Waals surface area contributed by atoms with Gasteiger partial charge in [-0.25, -0.2) is 4.39 Å². The average molecular weight is 206 g/mol. The minimum Gasteiger partial charge on any atom is -0.392 e. The number of nitrogens with zero attached hydrogens (tertiary/aromatic N) is 1. The van der Waals surface area contributed by atoms with Gasteiger partial charge in [0, 0.05) is 11.6 Å². The molecule has 0 aliphatic rings. The highest BCUT2D eigenvalue weighted by molar-refractivity contribution is 6.31. The number of rotatable bonds is 2. The molecule has 0 spiro atoms. The monoisotopic (exact) mass is 205 g/mol. The number of halogens is 2. The summed E-state index contributed by atoms with van der Waals surface area (Å²) < 4.78 is 12.8. The average Bonchev–Trinajstić information content (AvgIpc) is 2.09. The van der Waals surface area contributed by atoms with Crippen molar-refractivity contribution in [1.29, 1.82) is 0 Å². The zero-order chi connectivity index (χ0) is 10.0. The molecule has 0 bridgehead atoms. The highest BCUT2D eigenvalue weighted by Crippen LogP contribution is 2.25. The molecular weight excluding hydrogens is 201 g/mol. The lowest BCUT2D eigenvalue weighted by molar-refractivity contribution is -0.385. The van der Waals surface area contributed by atoms with Crippen molar-refractivity contribution in [3.05, 3.63) is 38.7 Å². The molecule has 0 aliphatic heterocycles. The lowest BCUT2D eigenvalue weighted by atomic mass is 10.2. The van der Waals surface area contributed by atoms with Gasteiger partial charge in [-0.2, -0.15) is 0 Å². The molecule has 0 amide bonds. The van der Waals surface area contributed by atoms with E-state index in [4.69, 9.17) is 16.7 Å². The summed E-state index contributed by atoms with van der Waals surface area (Å²) in [7, 11) is 0. The van der Waals surface area contributed by atoms with Gasteiger partial charge in [-0.15, -0.1) is 0 Å². The third-order valence-corrected chi connectivity index (χ3v) is 1.89. The molecule has 1 N–H and O–H groups in total. The molecule has 70 valence electrons. The molecule has 0 atom stereocenters. The lowest BCUT2D eigenvalue weighted by Gasteiger charge is -2.00. The molecule has 0 saturated carbocycles. The van der Waals surface area contributed by atoms with Gasteiger partial charge in [-0.3, -0.25) is 10.1 Å². The fraction of sp³-hybridized carbons (Fsp3) is 0.143. The van der Waals surface area contributed by atoms with Gasteiger partial charge in [-0.05, 0) is 0 Å². The molecule has 0 heterocycles. The van der Waals surface area contributed by atoms with Crippen LogP contribution in [0.15, 0.2) is 12.1 Å². The molecule has 0 radical (unpaired) electrons. The number of aliphatic hydroxyl groups excluding tert-OH is 1. The summed E-state index contributed by atoms with van der Waals surface area (Å²) in [5.74, 6) is -0.903. The van der Waals surface area contributed by atoms with Crippen molar-refractivity contribution >= 4 is 17.3 Å². The van der Waals surface area contributed by atoms with Crippen molar-refractivity contribution in [2.24, 2.45) is 0 Å². The Morgan fingerprint density at radius 2 is 2.23 bits per heavy atom. The molecule has 1 rings (SSSR count). The standard InChI is InChI=1S/C7H5ClFNO3/c8-7-4(3-11)1-5(10(12)13)2-6(7)9/h1-2,11H,3H2. The third-order valence-electron chi connectivity index (χ3n) is 1.47. The van der Waals surface area contributed by atoms with Gasteiger partial charge in [0.1, 0.15) is 5.82 Å². The molecule has 1 aromatic carbocycles. The Bertz CT molecular complexity index is 356. The predicted octanol–water partition coefficient (Wildman–Crippen LogP) is 1.88. The van der Waals surface area contributed by atoms with E-state index < -0.39 is 23.0 Å². The van der Waals surface area contributed by atoms with Crippen molar-refractivity contribution in [1.82, 2.24) is 0 Å². The largest absolute Gasteiger partial charge is 0.392 e. The van der Waals surface area contributed by atoms with Crippen molar-refractivity contribution < 1.29 is 14.4 Å². The highest BCUT2D eigenvalue weighted by Gasteiger charge is 2.14. The van der Waals surface area contributed by atoms with Crippen LogP contribution in [0.2, 0.25) is 5.02 Å². The van der Waals surface area contributed by atoms with Gasteiger partial charge < -0.3 is 5.11 Å². The van der Waals surface area contributed by atoms with Gasteiger partial charge in [0.2, 0.25) is 0 Å². The van der Waals surface area contributed by atoms with Crippen molar-refractivity contribution in [3.63, 3.8) is 0 Å². The molecule has 0 saturated heterocycles. The molecule has 6 heteroatoms. The van der Waals surface area contributed by atoms with Gasteiger partial charge in [0.15, 0.2) is 0 Å². The van der Waals surface area contributed by atoms with Crippen LogP contribution in [0, 0.1) is 15.9 Å². The van der Waals surface area contributed by atoms with Crippen LogP contribution in [-0.4, -0.2) is 10.0 Å². The van der Waals surface area contributed by atoms with E-state index >= 15 is 0 Å². The second-order valence-electron chi connectivity index (χ2n) is 2.32. The summed E-state index contributed by atoms with van der Waals surface area (Å²) in [6.07, 6.45) is 0. The molecule has 0 fully saturated rings. The molecule has 0 aromatic heterocycles. The summed E-state index contributed by atoms with van der Waals surface area (Å²) in [4.78, 5) is 9.50. The fourth-order valence-corrected chi connectivity index (χ4v) is 1.02. The topological polar surface area (TPSA) is 63.4 Å².